The lowest BCUT2D eigenvalue weighted by Crippen LogP contribution is -2.27. The van der Waals surface area contributed by atoms with E-state index in [1.54, 1.807) is 0 Å². The Morgan fingerprint density at radius 3 is 1.74 bits per heavy atom. The second kappa shape index (κ2) is 14.3. The first-order chi connectivity index (χ1) is 9.16. The Labute approximate surface area is 121 Å². The molecule has 0 saturated heterocycles. The fraction of sp³-hybridized carbons (Fsp3) is 1.00. The largest absolute Gasteiger partial charge is 0.377 e. The van der Waals surface area contributed by atoms with Crippen molar-refractivity contribution in [3.05, 3.63) is 0 Å². The van der Waals surface area contributed by atoms with E-state index in [1.807, 2.05) is 0 Å². The Kier molecular flexibility index (Phi) is 14.3. The Hall–Kier alpha value is -0.0800. The molecule has 0 heterocycles. The van der Waals surface area contributed by atoms with Gasteiger partial charge in [-0.1, -0.05) is 71.1 Å². The maximum absolute atomic E-state index is 6.01. The van der Waals surface area contributed by atoms with Gasteiger partial charge in [-0.05, 0) is 20.3 Å². The minimum Gasteiger partial charge on any atom is -0.377 e. The average molecular weight is 271 g/mol. The quantitative estimate of drug-likeness (QED) is 0.449. The van der Waals surface area contributed by atoms with Crippen molar-refractivity contribution in [3.63, 3.8) is 0 Å². The maximum atomic E-state index is 6.01. The summed E-state index contributed by atoms with van der Waals surface area (Å²) in [6.45, 7) is 7.12. The predicted octanol–water partition coefficient (Wildman–Crippen LogP) is 5.05. The number of hydrogen-bond donors (Lipinski definition) is 1. The molecule has 1 atom stereocenters. The molecule has 0 aromatic heterocycles. The summed E-state index contributed by atoms with van der Waals surface area (Å²) in [5.74, 6) is 0. The van der Waals surface area contributed by atoms with Gasteiger partial charge in [-0.15, -0.1) is 0 Å². The maximum Gasteiger partial charge on any atom is 0.0620 e. The van der Waals surface area contributed by atoms with Gasteiger partial charge in [0.25, 0.3) is 0 Å². The van der Waals surface area contributed by atoms with Crippen LogP contribution in [-0.2, 0) is 4.74 Å². The molecule has 2 heteroatoms. The highest BCUT2D eigenvalue weighted by Gasteiger charge is 2.03. The summed E-state index contributed by atoms with van der Waals surface area (Å²) >= 11 is 0. The van der Waals surface area contributed by atoms with E-state index in [2.05, 4.69) is 20.8 Å². The van der Waals surface area contributed by atoms with Crippen LogP contribution in [0, 0.1) is 0 Å². The summed E-state index contributed by atoms with van der Waals surface area (Å²) in [6, 6.07) is 0.233. The van der Waals surface area contributed by atoms with Crippen molar-refractivity contribution in [1.29, 1.82) is 0 Å². The van der Waals surface area contributed by atoms with E-state index in [4.69, 9.17) is 10.5 Å². The molecule has 0 spiro atoms. The van der Waals surface area contributed by atoms with Crippen molar-refractivity contribution < 1.29 is 4.74 Å². The zero-order valence-corrected chi connectivity index (χ0v) is 13.6. The van der Waals surface area contributed by atoms with Crippen molar-refractivity contribution >= 4 is 0 Å². The molecule has 0 bridgehead atoms. The smallest absolute Gasteiger partial charge is 0.0620 e. The lowest BCUT2D eigenvalue weighted by Gasteiger charge is -2.14. The van der Waals surface area contributed by atoms with E-state index >= 15 is 0 Å². The van der Waals surface area contributed by atoms with Crippen molar-refractivity contribution in [2.24, 2.45) is 5.73 Å². The van der Waals surface area contributed by atoms with E-state index < -0.39 is 0 Å². The zero-order chi connectivity index (χ0) is 14.3. The number of unbranched alkanes of at least 4 members (excludes halogenated alkanes) is 9. The second-order valence-electron chi connectivity index (χ2n) is 6.11. The molecular formula is C17H37NO. The van der Waals surface area contributed by atoms with Crippen LogP contribution in [0.25, 0.3) is 0 Å². The molecule has 2 N–H and O–H groups in total. The number of ether oxygens (including phenoxy) is 1. The average Bonchev–Trinajstić information content (AvgIpc) is 2.38. The third-order valence-corrected chi connectivity index (χ3v) is 3.57. The molecule has 2 nitrogen and oxygen atoms in total. The van der Waals surface area contributed by atoms with Gasteiger partial charge in [0.05, 0.1) is 12.7 Å². The van der Waals surface area contributed by atoms with Crippen LogP contribution in [0.5, 0.6) is 0 Å². The molecule has 0 aliphatic heterocycles. The summed E-state index contributed by atoms with van der Waals surface area (Å²) in [5.41, 5.74) is 6.01. The lowest BCUT2D eigenvalue weighted by molar-refractivity contribution is 0.0664. The van der Waals surface area contributed by atoms with Crippen LogP contribution in [-0.4, -0.2) is 18.8 Å². The summed E-state index contributed by atoms with van der Waals surface area (Å²) < 4.78 is 5.52. The fourth-order valence-electron chi connectivity index (χ4n) is 2.29. The van der Waals surface area contributed by atoms with E-state index in [1.165, 1.54) is 64.2 Å². The van der Waals surface area contributed by atoms with E-state index in [-0.39, 0.29) is 6.04 Å². The molecule has 0 saturated carbocycles. The van der Waals surface area contributed by atoms with Crippen molar-refractivity contribution in [2.75, 3.05) is 6.61 Å². The summed E-state index contributed by atoms with van der Waals surface area (Å²) in [6.07, 6.45) is 15.3. The van der Waals surface area contributed by atoms with Gasteiger partial charge < -0.3 is 10.5 Å². The normalized spacial score (nSPS) is 13.1. The molecule has 0 radical (unpaired) electrons. The third-order valence-electron chi connectivity index (χ3n) is 3.57. The summed E-state index contributed by atoms with van der Waals surface area (Å²) in [7, 11) is 0. The topological polar surface area (TPSA) is 35.2 Å². The van der Waals surface area contributed by atoms with Gasteiger partial charge in [0.2, 0.25) is 0 Å². The molecule has 0 aliphatic carbocycles. The van der Waals surface area contributed by atoms with E-state index in [0.29, 0.717) is 6.10 Å². The van der Waals surface area contributed by atoms with Crippen molar-refractivity contribution in [1.82, 2.24) is 0 Å². The standard InChI is InChI=1S/C17H37NO/c1-4-5-6-7-8-9-10-11-12-13-14-17(18)15-19-16(2)3/h16-17H,4-15,18H2,1-3H3. The first-order valence-electron chi connectivity index (χ1n) is 8.54. The van der Waals surface area contributed by atoms with Gasteiger partial charge in [0, 0.05) is 6.04 Å². The summed E-state index contributed by atoms with van der Waals surface area (Å²) in [5, 5.41) is 0. The van der Waals surface area contributed by atoms with Crippen molar-refractivity contribution in [2.45, 2.75) is 104 Å². The molecule has 0 aromatic rings. The zero-order valence-electron chi connectivity index (χ0n) is 13.6. The highest BCUT2D eigenvalue weighted by atomic mass is 16.5. The van der Waals surface area contributed by atoms with Crippen LogP contribution in [0.15, 0.2) is 0 Å². The van der Waals surface area contributed by atoms with Gasteiger partial charge in [-0.2, -0.15) is 0 Å². The Morgan fingerprint density at radius 1 is 0.789 bits per heavy atom. The van der Waals surface area contributed by atoms with E-state index in [0.717, 1.165) is 13.0 Å². The minimum atomic E-state index is 0.233. The van der Waals surface area contributed by atoms with Crippen LogP contribution in [0.1, 0.15) is 91.4 Å². The Morgan fingerprint density at radius 2 is 1.26 bits per heavy atom. The number of hydrogen-bond acceptors (Lipinski definition) is 2. The predicted molar refractivity (Wildman–Crippen MR) is 85.5 cm³/mol. The van der Waals surface area contributed by atoms with Crippen LogP contribution in [0.4, 0.5) is 0 Å². The molecule has 0 aliphatic rings. The highest BCUT2D eigenvalue weighted by Crippen LogP contribution is 2.11. The van der Waals surface area contributed by atoms with Gasteiger partial charge in [0.1, 0.15) is 0 Å². The van der Waals surface area contributed by atoms with Crippen LogP contribution in [0.2, 0.25) is 0 Å². The van der Waals surface area contributed by atoms with E-state index in [9.17, 15) is 0 Å². The van der Waals surface area contributed by atoms with Gasteiger partial charge in [-0.3, -0.25) is 0 Å². The summed E-state index contributed by atoms with van der Waals surface area (Å²) in [4.78, 5) is 0. The Bertz CT molecular complexity index is 171. The number of nitrogens with two attached hydrogens (primary N) is 1. The molecule has 0 amide bonds. The first kappa shape index (κ1) is 18.9. The van der Waals surface area contributed by atoms with Crippen LogP contribution < -0.4 is 5.73 Å². The fourth-order valence-corrected chi connectivity index (χ4v) is 2.29. The number of rotatable bonds is 14. The lowest BCUT2D eigenvalue weighted by atomic mass is 10.0. The molecular weight excluding hydrogens is 234 g/mol. The molecule has 19 heavy (non-hydrogen) atoms. The third kappa shape index (κ3) is 15.9. The van der Waals surface area contributed by atoms with Gasteiger partial charge in [0.15, 0.2) is 0 Å². The van der Waals surface area contributed by atoms with Crippen LogP contribution >= 0.6 is 0 Å². The molecule has 0 fully saturated rings. The highest BCUT2D eigenvalue weighted by molar-refractivity contribution is 4.60. The van der Waals surface area contributed by atoms with Crippen molar-refractivity contribution in [3.8, 4) is 0 Å². The molecule has 0 rings (SSSR count). The second-order valence-corrected chi connectivity index (χ2v) is 6.11. The SMILES string of the molecule is CCCCCCCCCCCCC(N)COC(C)C. The van der Waals surface area contributed by atoms with Crippen LogP contribution in [0.3, 0.4) is 0 Å². The molecule has 1 unspecified atom stereocenters. The minimum absolute atomic E-state index is 0.233. The first-order valence-corrected chi connectivity index (χ1v) is 8.54. The van der Waals surface area contributed by atoms with Gasteiger partial charge >= 0.3 is 0 Å². The molecule has 116 valence electrons. The Balaban J connectivity index is 3.09. The van der Waals surface area contributed by atoms with Gasteiger partial charge in [-0.25, -0.2) is 0 Å². The monoisotopic (exact) mass is 271 g/mol. The molecule has 0 aromatic carbocycles.